The van der Waals surface area contributed by atoms with E-state index in [9.17, 15) is 5.11 Å². The van der Waals surface area contributed by atoms with Crippen molar-refractivity contribution in [2.24, 2.45) is 0 Å². The molecule has 3 aromatic rings. The predicted molar refractivity (Wildman–Crippen MR) is 105 cm³/mol. The van der Waals surface area contributed by atoms with Crippen LogP contribution >= 0.6 is 11.5 Å². The van der Waals surface area contributed by atoms with Crippen LogP contribution < -0.4 is 4.90 Å². The van der Waals surface area contributed by atoms with Crippen molar-refractivity contribution in [1.29, 1.82) is 0 Å². The molecule has 1 aliphatic rings. The molecule has 1 N–H and O–H groups in total. The average molecular weight is 377 g/mol. The molecule has 0 bridgehead atoms. The molecule has 0 saturated heterocycles. The molecule has 3 heterocycles. The quantitative estimate of drug-likeness (QED) is 0.692. The van der Waals surface area contributed by atoms with Gasteiger partial charge in [-0.1, -0.05) is 31.8 Å². The van der Waals surface area contributed by atoms with Gasteiger partial charge in [0, 0.05) is 47.1 Å². The molecule has 136 valence electrons. The number of nitrogens with zero attached hydrogens (tertiary/aromatic N) is 5. The molecule has 0 fully saturated rings. The molecule has 1 aromatic carbocycles. The number of hydrogen-bond acceptors (Lipinski definition) is 7. The van der Waals surface area contributed by atoms with E-state index in [1.807, 2.05) is 12.1 Å². The fourth-order valence-electron chi connectivity index (χ4n) is 3.24. The van der Waals surface area contributed by atoms with Crippen LogP contribution in [-0.4, -0.2) is 31.0 Å². The van der Waals surface area contributed by atoms with Crippen molar-refractivity contribution in [2.45, 2.75) is 31.8 Å². The summed E-state index contributed by atoms with van der Waals surface area (Å²) in [4.78, 5) is 14.7. The number of benzene rings is 1. The fourth-order valence-corrected chi connectivity index (χ4v) is 3.78. The van der Waals surface area contributed by atoms with Crippen LogP contribution in [-0.2, 0) is 11.0 Å². The standard InChI is InChI=1S/C20H19N5OS/c1-19(2)12-25(18-23-13-24-27-18)16-10-14(4-5-15(16)19)6-7-20(3,26)17-11-21-8-9-22-17/h4-5,8-11,13,26H,12H2,1-3H3. The first-order chi connectivity index (χ1) is 12.9. The van der Waals surface area contributed by atoms with E-state index in [0.29, 0.717) is 5.69 Å². The third-order valence-electron chi connectivity index (χ3n) is 4.66. The molecule has 1 atom stereocenters. The van der Waals surface area contributed by atoms with E-state index in [-0.39, 0.29) is 5.41 Å². The van der Waals surface area contributed by atoms with Gasteiger partial charge in [0.25, 0.3) is 0 Å². The molecule has 1 unspecified atom stereocenters. The van der Waals surface area contributed by atoms with Crippen LogP contribution in [0.4, 0.5) is 10.8 Å². The highest BCUT2D eigenvalue weighted by Crippen LogP contribution is 2.44. The molecule has 0 aliphatic carbocycles. The van der Waals surface area contributed by atoms with Crippen LogP contribution in [0, 0.1) is 11.8 Å². The van der Waals surface area contributed by atoms with Crippen LogP contribution in [0.3, 0.4) is 0 Å². The molecule has 6 nitrogen and oxygen atoms in total. The first-order valence-corrected chi connectivity index (χ1v) is 9.35. The molecule has 0 radical (unpaired) electrons. The van der Waals surface area contributed by atoms with E-state index < -0.39 is 5.60 Å². The Kier molecular flexibility index (Phi) is 4.17. The highest BCUT2D eigenvalue weighted by Gasteiger charge is 2.36. The van der Waals surface area contributed by atoms with E-state index in [0.717, 1.165) is 22.9 Å². The fraction of sp³-hybridized carbons (Fsp3) is 0.300. The van der Waals surface area contributed by atoms with E-state index in [2.05, 4.69) is 56.0 Å². The van der Waals surface area contributed by atoms with E-state index in [1.54, 1.807) is 25.6 Å². The second kappa shape index (κ2) is 6.41. The Morgan fingerprint density at radius 3 is 2.81 bits per heavy atom. The topological polar surface area (TPSA) is 75.0 Å². The van der Waals surface area contributed by atoms with Crippen molar-refractivity contribution < 1.29 is 5.11 Å². The van der Waals surface area contributed by atoms with Crippen LogP contribution in [0.15, 0.2) is 43.1 Å². The second-order valence-corrected chi connectivity index (χ2v) is 8.10. The molecule has 4 rings (SSSR count). The Labute approximate surface area is 162 Å². The number of anilines is 2. The van der Waals surface area contributed by atoms with Crippen LogP contribution in [0.2, 0.25) is 0 Å². The Hall–Kier alpha value is -2.82. The van der Waals surface area contributed by atoms with E-state index in [4.69, 9.17) is 0 Å². The third kappa shape index (κ3) is 3.29. The molecular formula is C20H19N5OS. The van der Waals surface area contributed by atoms with Gasteiger partial charge in [-0.2, -0.15) is 4.37 Å². The minimum Gasteiger partial charge on any atom is -0.372 e. The number of hydrogen-bond donors (Lipinski definition) is 1. The van der Waals surface area contributed by atoms with Crippen molar-refractivity contribution in [3.05, 3.63) is 59.9 Å². The summed E-state index contributed by atoms with van der Waals surface area (Å²) in [5.74, 6) is 5.99. The summed E-state index contributed by atoms with van der Waals surface area (Å²) in [6.07, 6.45) is 6.21. The highest BCUT2D eigenvalue weighted by atomic mass is 32.1. The summed E-state index contributed by atoms with van der Waals surface area (Å²) in [7, 11) is 0. The molecule has 0 spiro atoms. The Balaban J connectivity index is 1.71. The highest BCUT2D eigenvalue weighted by molar-refractivity contribution is 7.09. The van der Waals surface area contributed by atoms with Crippen molar-refractivity contribution in [3.8, 4) is 11.8 Å². The zero-order valence-corrected chi connectivity index (χ0v) is 16.2. The molecule has 0 amide bonds. The van der Waals surface area contributed by atoms with Gasteiger partial charge in [-0.05, 0) is 24.6 Å². The van der Waals surface area contributed by atoms with Crippen molar-refractivity contribution >= 4 is 22.4 Å². The first kappa shape index (κ1) is 17.6. The summed E-state index contributed by atoms with van der Waals surface area (Å²) in [6.45, 7) is 6.90. The maximum atomic E-state index is 10.6. The van der Waals surface area contributed by atoms with Gasteiger partial charge in [0.15, 0.2) is 5.60 Å². The van der Waals surface area contributed by atoms with Gasteiger partial charge in [-0.15, -0.1) is 0 Å². The van der Waals surface area contributed by atoms with E-state index >= 15 is 0 Å². The summed E-state index contributed by atoms with van der Waals surface area (Å²) in [6, 6.07) is 6.15. The molecule has 0 saturated carbocycles. The maximum Gasteiger partial charge on any atom is 0.209 e. The lowest BCUT2D eigenvalue weighted by atomic mass is 9.86. The van der Waals surface area contributed by atoms with Gasteiger partial charge >= 0.3 is 0 Å². The van der Waals surface area contributed by atoms with Crippen LogP contribution in [0.5, 0.6) is 0 Å². The predicted octanol–water partition coefficient (Wildman–Crippen LogP) is 3.02. The SMILES string of the molecule is CC(O)(C#Cc1ccc2c(c1)N(c1ncns1)CC2(C)C)c1cnccn1. The minimum absolute atomic E-state index is 0.0120. The minimum atomic E-state index is -1.37. The van der Waals surface area contributed by atoms with Gasteiger partial charge in [-0.3, -0.25) is 9.97 Å². The average Bonchev–Trinajstić information content (AvgIpc) is 3.27. The van der Waals surface area contributed by atoms with Crippen molar-refractivity contribution in [3.63, 3.8) is 0 Å². The maximum absolute atomic E-state index is 10.6. The molecule has 1 aliphatic heterocycles. The molecular weight excluding hydrogens is 358 g/mol. The normalized spacial score (nSPS) is 17.0. The summed E-state index contributed by atoms with van der Waals surface area (Å²) >= 11 is 1.38. The third-order valence-corrected chi connectivity index (χ3v) is 5.35. The van der Waals surface area contributed by atoms with Crippen molar-refractivity contribution in [1.82, 2.24) is 19.3 Å². The number of fused-ring (bicyclic) bond motifs is 1. The van der Waals surface area contributed by atoms with E-state index in [1.165, 1.54) is 23.3 Å². The Bertz CT molecular complexity index is 1020. The zero-order chi connectivity index (χ0) is 19.1. The number of aliphatic hydroxyl groups is 1. The van der Waals surface area contributed by atoms with Crippen LogP contribution in [0.1, 0.15) is 37.6 Å². The lowest BCUT2D eigenvalue weighted by Gasteiger charge is -2.19. The van der Waals surface area contributed by atoms with Gasteiger partial charge in [0.1, 0.15) is 12.0 Å². The van der Waals surface area contributed by atoms with Gasteiger partial charge < -0.3 is 10.0 Å². The Morgan fingerprint density at radius 1 is 1.26 bits per heavy atom. The largest absolute Gasteiger partial charge is 0.372 e. The van der Waals surface area contributed by atoms with Gasteiger partial charge in [0.05, 0.1) is 6.20 Å². The summed E-state index contributed by atoms with van der Waals surface area (Å²) in [5, 5.41) is 11.5. The molecule has 2 aromatic heterocycles. The first-order valence-electron chi connectivity index (χ1n) is 8.58. The monoisotopic (exact) mass is 377 g/mol. The number of aromatic nitrogens is 4. The lowest BCUT2D eigenvalue weighted by molar-refractivity contribution is 0.117. The number of rotatable bonds is 2. The molecule has 7 heteroatoms. The smallest absolute Gasteiger partial charge is 0.209 e. The summed E-state index contributed by atoms with van der Waals surface area (Å²) < 4.78 is 4.13. The lowest BCUT2D eigenvalue weighted by Crippen LogP contribution is -2.24. The second-order valence-electron chi connectivity index (χ2n) is 7.34. The van der Waals surface area contributed by atoms with Gasteiger partial charge in [0.2, 0.25) is 5.13 Å². The zero-order valence-electron chi connectivity index (χ0n) is 15.3. The Morgan fingerprint density at radius 2 is 2.11 bits per heavy atom. The van der Waals surface area contributed by atoms with Crippen LogP contribution in [0.25, 0.3) is 0 Å². The summed E-state index contributed by atoms with van der Waals surface area (Å²) in [5.41, 5.74) is 2.23. The van der Waals surface area contributed by atoms with Gasteiger partial charge in [-0.25, -0.2) is 4.98 Å². The van der Waals surface area contributed by atoms with Crippen molar-refractivity contribution in [2.75, 3.05) is 11.4 Å². The molecule has 27 heavy (non-hydrogen) atoms.